The van der Waals surface area contributed by atoms with Crippen LogP contribution in [0.1, 0.15) is 21.6 Å². The van der Waals surface area contributed by atoms with Crippen molar-refractivity contribution in [3.63, 3.8) is 0 Å². The van der Waals surface area contributed by atoms with Crippen LogP contribution in [0.15, 0.2) is 60.8 Å². The van der Waals surface area contributed by atoms with E-state index in [9.17, 15) is 13.6 Å². The first-order chi connectivity index (χ1) is 14.8. The monoisotopic (exact) mass is 420 g/mol. The van der Waals surface area contributed by atoms with Crippen LogP contribution in [0.3, 0.4) is 0 Å². The van der Waals surface area contributed by atoms with Crippen LogP contribution in [0.4, 0.5) is 20.3 Å². The highest BCUT2D eigenvalue weighted by atomic mass is 19.1. The minimum Gasteiger partial charge on any atom is -0.363 e. The molecule has 7 heteroatoms. The van der Waals surface area contributed by atoms with E-state index in [1.807, 2.05) is 32.0 Å². The summed E-state index contributed by atoms with van der Waals surface area (Å²) in [5.41, 5.74) is 3.21. The van der Waals surface area contributed by atoms with E-state index in [1.165, 1.54) is 24.3 Å². The topological polar surface area (TPSA) is 50.2 Å². The largest absolute Gasteiger partial charge is 0.363 e. The van der Waals surface area contributed by atoms with Crippen LogP contribution in [-0.4, -0.2) is 29.6 Å². The van der Waals surface area contributed by atoms with Crippen LogP contribution in [-0.2, 0) is 6.54 Å². The van der Waals surface area contributed by atoms with Crippen molar-refractivity contribution in [2.75, 3.05) is 24.3 Å². The van der Waals surface area contributed by atoms with E-state index in [2.05, 4.69) is 10.3 Å². The number of hydrogen-bond acceptors (Lipinski definition) is 3. The lowest BCUT2D eigenvalue weighted by molar-refractivity contribution is 0.101. The number of amides is 1. The Balaban J connectivity index is 1.72. The Bertz CT molecular complexity index is 1280. The molecule has 0 saturated heterocycles. The van der Waals surface area contributed by atoms with Crippen molar-refractivity contribution in [2.45, 2.75) is 13.5 Å². The maximum atomic E-state index is 13.8. The molecule has 2 aromatic carbocycles. The fourth-order valence-electron chi connectivity index (χ4n) is 3.72. The predicted octanol–water partition coefficient (Wildman–Crippen LogP) is 4.99. The van der Waals surface area contributed by atoms with Gasteiger partial charge in [0.2, 0.25) is 0 Å². The predicted molar refractivity (Wildman–Crippen MR) is 119 cm³/mol. The lowest BCUT2D eigenvalue weighted by atomic mass is 10.2. The summed E-state index contributed by atoms with van der Waals surface area (Å²) in [5.74, 6) is -0.282. The Morgan fingerprint density at radius 2 is 1.84 bits per heavy atom. The minimum absolute atomic E-state index is 0.270. The number of nitrogens with one attached hydrogen (secondary N) is 1. The summed E-state index contributed by atoms with van der Waals surface area (Å²) in [4.78, 5) is 19.4. The molecule has 0 atom stereocenters. The summed E-state index contributed by atoms with van der Waals surface area (Å²) in [6.45, 7) is 2.19. The van der Waals surface area contributed by atoms with Gasteiger partial charge in [-0.1, -0.05) is 12.1 Å². The molecule has 0 aliphatic heterocycles. The second-order valence-corrected chi connectivity index (χ2v) is 7.66. The van der Waals surface area contributed by atoms with Crippen molar-refractivity contribution in [3.05, 3.63) is 89.2 Å². The summed E-state index contributed by atoms with van der Waals surface area (Å²) in [6, 6.07) is 14.0. The number of fused-ring (bicyclic) bond motifs is 1. The maximum absolute atomic E-state index is 13.8. The highest BCUT2D eigenvalue weighted by molar-refractivity contribution is 6.06. The van der Waals surface area contributed by atoms with E-state index in [4.69, 9.17) is 0 Å². The van der Waals surface area contributed by atoms with Gasteiger partial charge in [-0.3, -0.25) is 4.79 Å². The van der Waals surface area contributed by atoms with Gasteiger partial charge in [0.1, 0.15) is 23.1 Å². The molecule has 158 valence electrons. The van der Waals surface area contributed by atoms with Crippen LogP contribution >= 0.6 is 0 Å². The molecule has 0 aliphatic carbocycles. The van der Waals surface area contributed by atoms with Crippen LogP contribution in [0.5, 0.6) is 0 Å². The molecule has 0 spiro atoms. The lowest BCUT2D eigenvalue weighted by Crippen LogP contribution is -2.18. The molecule has 31 heavy (non-hydrogen) atoms. The van der Waals surface area contributed by atoms with Gasteiger partial charge in [0, 0.05) is 31.5 Å². The number of aryl methyl sites for hydroxylation is 1. The van der Waals surface area contributed by atoms with Gasteiger partial charge in [-0.2, -0.15) is 0 Å². The molecule has 0 saturated carbocycles. The molecular formula is C24H22F2N4O. The molecule has 2 aromatic heterocycles. The summed E-state index contributed by atoms with van der Waals surface area (Å²) in [6.07, 6.45) is 1.60. The van der Waals surface area contributed by atoms with Crippen molar-refractivity contribution in [1.82, 2.24) is 9.55 Å². The molecule has 1 amide bonds. The Morgan fingerprint density at radius 1 is 1.06 bits per heavy atom. The molecule has 0 bridgehead atoms. The number of nitrogens with zero attached hydrogens (tertiary/aromatic N) is 3. The number of rotatable bonds is 5. The normalized spacial score (nSPS) is 11.0. The standard InChI is InChI=1S/C24H22F2N4O/c1-15-9-20(13-27-23(15)29(2)3)28-24(31)22-12-17-11-19(26)7-8-21(17)30(22)14-16-5-4-6-18(25)10-16/h4-13H,14H2,1-3H3,(H,28,31). The molecule has 0 aliphatic rings. The maximum Gasteiger partial charge on any atom is 0.272 e. The van der Waals surface area contributed by atoms with Crippen LogP contribution in [0.25, 0.3) is 10.9 Å². The molecule has 4 rings (SSSR count). The number of benzene rings is 2. The quantitative estimate of drug-likeness (QED) is 0.495. The van der Waals surface area contributed by atoms with Gasteiger partial charge in [0.25, 0.3) is 5.91 Å². The first-order valence-corrected chi connectivity index (χ1v) is 9.80. The van der Waals surface area contributed by atoms with Crippen molar-refractivity contribution < 1.29 is 13.6 Å². The highest BCUT2D eigenvalue weighted by Gasteiger charge is 2.17. The Kier molecular flexibility index (Phi) is 5.42. The lowest BCUT2D eigenvalue weighted by Gasteiger charge is -2.15. The highest BCUT2D eigenvalue weighted by Crippen LogP contribution is 2.25. The summed E-state index contributed by atoms with van der Waals surface area (Å²) in [5, 5.41) is 3.47. The van der Waals surface area contributed by atoms with Gasteiger partial charge in [-0.05, 0) is 60.5 Å². The van der Waals surface area contributed by atoms with Crippen molar-refractivity contribution in [2.24, 2.45) is 0 Å². The summed E-state index contributed by atoms with van der Waals surface area (Å²) < 4.78 is 29.2. The second-order valence-electron chi connectivity index (χ2n) is 7.66. The zero-order valence-electron chi connectivity index (χ0n) is 17.5. The number of carbonyl (C=O) groups is 1. The van der Waals surface area contributed by atoms with Gasteiger partial charge in [0.15, 0.2) is 0 Å². The molecule has 5 nitrogen and oxygen atoms in total. The van der Waals surface area contributed by atoms with Gasteiger partial charge in [0.05, 0.1) is 11.9 Å². The van der Waals surface area contributed by atoms with Gasteiger partial charge < -0.3 is 14.8 Å². The van der Waals surface area contributed by atoms with Gasteiger partial charge in [-0.15, -0.1) is 0 Å². The van der Waals surface area contributed by atoms with E-state index >= 15 is 0 Å². The summed E-state index contributed by atoms with van der Waals surface area (Å²) >= 11 is 0. The van der Waals surface area contributed by atoms with Gasteiger partial charge >= 0.3 is 0 Å². The van der Waals surface area contributed by atoms with E-state index in [0.717, 1.165) is 11.4 Å². The third-order valence-corrected chi connectivity index (χ3v) is 5.06. The van der Waals surface area contributed by atoms with E-state index in [1.54, 1.807) is 35.0 Å². The average molecular weight is 420 g/mol. The smallest absolute Gasteiger partial charge is 0.272 e. The van der Waals surface area contributed by atoms with Gasteiger partial charge in [-0.25, -0.2) is 13.8 Å². The zero-order valence-corrected chi connectivity index (χ0v) is 17.5. The molecule has 4 aromatic rings. The second kappa shape index (κ2) is 8.18. The van der Waals surface area contributed by atoms with Crippen LogP contribution in [0.2, 0.25) is 0 Å². The van der Waals surface area contributed by atoms with Crippen molar-refractivity contribution in [1.29, 1.82) is 0 Å². The number of hydrogen-bond donors (Lipinski definition) is 1. The SMILES string of the molecule is Cc1cc(NC(=O)c2cc3cc(F)ccc3n2Cc2cccc(F)c2)cnc1N(C)C. The number of anilines is 2. The van der Waals surface area contributed by atoms with E-state index in [-0.39, 0.29) is 24.1 Å². The fourth-order valence-corrected chi connectivity index (χ4v) is 3.72. The fraction of sp³-hybridized carbons (Fsp3) is 0.167. The van der Waals surface area contributed by atoms with Crippen molar-refractivity contribution in [3.8, 4) is 0 Å². The van der Waals surface area contributed by atoms with E-state index in [0.29, 0.717) is 27.8 Å². The molecular weight excluding hydrogens is 398 g/mol. The van der Waals surface area contributed by atoms with Crippen LogP contribution in [0, 0.1) is 18.6 Å². The average Bonchev–Trinajstić information content (AvgIpc) is 3.05. The number of carbonyl (C=O) groups excluding carboxylic acids is 1. The third-order valence-electron chi connectivity index (χ3n) is 5.06. The Morgan fingerprint density at radius 3 is 2.55 bits per heavy atom. The number of aromatic nitrogens is 2. The number of pyridine rings is 1. The van der Waals surface area contributed by atoms with E-state index < -0.39 is 0 Å². The molecule has 0 unspecified atom stereocenters. The summed E-state index contributed by atoms with van der Waals surface area (Å²) in [7, 11) is 3.80. The van der Waals surface area contributed by atoms with Crippen LogP contribution < -0.4 is 10.2 Å². The molecule has 1 N–H and O–H groups in total. The molecule has 0 fully saturated rings. The first kappa shape index (κ1) is 20.5. The molecule has 0 radical (unpaired) electrons. The number of halogens is 2. The Hall–Kier alpha value is -3.74. The third kappa shape index (κ3) is 4.26. The minimum atomic E-state index is -0.388. The first-order valence-electron chi connectivity index (χ1n) is 9.80. The molecule has 2 heterocycles. The zero-order chi connectivity index (χ0) is 22.1. The Labute approximate surface area is 178 Å². The van der Waals surface area contributed by atoms with Crippen molar-refractivity contribution >= 4 is 28.3 Å².